The number of para-hydroxylation sites is 1. The Kier molecular flexibility index (Phi) is 7.16. The first-order chi connectivity index (χ1) is 17.9. The van der Waals surface area contributed by atoms with Crippen molar-refractivity contribution in [3.8, 4) is 22.8 Å². The lowest BCUT2D eigenvalue weighted by molar-refractivity contribution is 0.483. The molecule has 0 bridgehead atoms. The summed E-state index contributed by atoms with van der Waals surface area (Å²) >= 11 is 0. The van der Waals surface area contributed by atoms with E-state index in [2.05, 4.69) is 20.6 Å². The second-order valence-corrected chi connectivity index (χ2v) is 10.9. The number of benzene rings is 3. The molecule has 5 rings (SSSR count). The molecular formula is C28H26N4O4S. The molecule has 37 heavy (non-hydrogen) atoms. The van der Waals surface area contributed by atoms with E-state index in [9.17, 15) is 8.42 Å². The van der Waals surface area contributed by atoms with E-state index in [-0.39, 0.29) is 5.75 Å². The average Bonchev–Trinajstić information content (AvgIpc) is 3.37. The zero-order chi connectivity index (χ0) is 25.7. The zero-order valence-electron chi connectivity index (χ0n) is 20.2. The lowest BCUT2D eigenvalue weighted by atomic mass is 10.1. The monoisotopic (exact) mass is 514 g/mol. The average molecular weight is 515 g/mol. The van der Waals surface area contributed by atoms with Crippen LogP contribution in [0.4, 0.5) is 11.5 Å². The Bertz CT molecular complexity index is 1600. The van der Waals surface area contributed by atoms with Gasteiger partial charge in [-0.3, -0.25) is 0 Å². The molecule has 8 nitrogen and oxygen atoms in total. The molecule has 2 heterocycles. The molecule has 0 spiro atoms. The summed E-state index contributed by atoms with van der Waals surface area (Å²) in [7, 11) is -3.00. The molecule has 0 atom stereocenters. The lowest BCUT2D eigenvalue weighted by Gasteiger charge is -2.10. The fourth-order valence-electron chi connectivity index (χ4n) is 3.77. The molecule has 0 aliphatic heterocycles. The quantitative estimate of drug-likeness (QED) is 0.233. The van der Waals surface area contributed by atoms with E-state index in [4.69, 9.17) is 9.15 Å². The predicted molar refractivity (Wildman–Crippen MR) is 145 cm³/mol. The highest BCUT2D eigenvalue weighted by Crippen LogP contribution is 2.30. The Morgan fingerprint density at radius 2 is 1.68 bits per heavy atom. The summed E-state index contributed by atoms with van der Waals surface area (Å²) in [6.07, 6.45) is 2.76. The van der Waals surface area contributed by atoms with Crippen LogP contribution in [0.1, 0.15) is 5.76 Å². The number of nitrogens with one attached hydrogen (secondary N) is 2. The first kappa shape index (κ1) is 24.5. The van der Waals surface area contributed by atoms with Gasteiger partial charge in [0.15, 0.2) is 0 Å². The van der Waals surface area contributed by atoms with Gasteiger partial charge in [0.05, 0.1) is 17.8 Å². The van der Waals surface area contributed by atoms with Crippen molar-refractivity contribution in [2.75, 3.05) is 23.9 Å². The maximum Gasteiger partial charge on any atom is 0.148 e. The molecule has 0 amide bonds. The van der Waals surface area contributed by atoms with E-state index in [1.807, 2.05) is 84.9 Å². The molecule has 5 aromatic rings. The van der Waals surface area contributed by atoms with Gasteiger partial charge in [0, 0.05) is 29.4 Å². The standard InChI is InChI=1S/C28H26N4O4S/c1-37(33,34)16-15-29-18-24-12-14-27(36-24)20-7-13-26-25(17-20)28(31-19-30-26)32-21-8-10-23(11-9-21)35-22-5-3-2-4-6-22/h2-14,17,19,29H,15-16,18H2,1H3,(H,30,31,32). The fourth-order valence-corrected chi connectivity index (χ4v) is 4.29. The molecule has 0 fully saturated rings. The summed E-state index contributed by atoms with van der Waals surface area (Å²) in [5.74, 6) is 3.72. The minimum atomic E-state index is -3.00. The molecule has 9 heteroatoms. The first-order valence-electron chi connectivity index (χ1n) is 11.8. The van der Waals surface area contributed by atoms with Crippen molar-refractivity contribution >= 4 is 32.2 Å². The van der Waals surface area contributed by atoms with Crippen LogP contribution in [0.25, 0.3) is 22.2 Å². The van der Waals surface area contributed by atoms with Gasteiger partial charge >= 0.3 is 0 Å². The molecule has 188 valence electrons. The van der Waals surface area contributed by atoms with Crippen LogP contribution in [0.2, 0.25) is 0 Å². The van der Waals surface area contributed by atoms with E-state index in [0.717, 1.165) is 39.4 Å². The van der Waals surface area contributed by atoms with Gasteiger partial charge in [0.25, 0.3) is 0 Å². The van der Waals surface area contributed by atoms with Crippen molar-refractivity contribution in [2.24, 2.45) is 0 Å². The molecule has 0 radical (unpaired) electrons. The van der Waals surface area contributed by atoms with Crippen molar-refractivity contribution in [1.82, 2.24) is 15.3 Å². The Balaban J connectivity index is 1.30. The number of ether oxygens (including phenoxy) is 1. The van der Waals surface area contributed by atoms with Crippen LogP contribution in [0.15, 0.2) is 95.7 Å². The van der Waals surface area contributed by atoms with E-state index < -0.39 is 9.84 Å². The van der Waals surface area contributed by atoms with Crippen LogP contribution in [0.3, 0.4) is 0 Å². The Hall–Kier alpha value is -4.21. The molecule has 0 aliphatic carbocycles. The van der Waals surface area contributed by atoms with Crippen LogP contribution in [0, 0.1) is 0 Å². The van der Waals surface area contributed by atoms with Crippen LogP contribution >= 0.6 is 0 Å². The number of furan rings is 1. The number of anilines is 2. The predicted octanol–water partition coefficient (Wildman–Crippen LogP) is 5.56. The first-order valence-corrected chi connectivity index (χ1v) is 13.8. The summed E-state index contributed by atoms with van der Waals surface area (Å²) in [6.45, 7) is 0.819. The van der Waals surface area contributed by atoms with Gasteiger partial charge < -0.3 is 19.8 Å². The third kappa shape index (κ3) is 6.52. The largest absolute Gasteiger partial charge is 0.460 e. The van der Waals surface area contributed by atoms with Crippen molar-refractivity contribution in [1.29, 1.82) is 0 Å². The normalized spacial score (nSPS) is 11.5. The van der Waals surface area contributed by atoms with Gasteiger partial charge in [0.2, 0.25) is 0 Å². The van der Waals surface area contributed by atoms with E-state index in [0.29, 0.717) is 24.7 Å². The number of nitrogens with zero attached hydrogens (tertiary/aromatic N) is 2. The van der Waals surface area contributed by atoms with Gasteiger partial charge in [-0.2, -0.15) is 0 Å². The number of rotatable bonds is 10. The van der Waals surface area contributed by atoms with Crippen LogP contribution < -0.4 is 15.4 Å². The summed E-state index contributed by atoms with van der Waals surface area (Å²) in [5.41, 5.74) is 2.56. The SMILES string of the molecule is CS(=O)(=O)CCNCc1ccc(-c2ccc3ncnc(Nc4ccc(Oc5ccccc5)cc4)c3c2)o1. The number of sulfone groups is 1. The summed E-state index contributed by atoms with van der Waals surface area (Å²) in [6, 6.07) is 27.0. The molecule has 0 saturated carbocycles. The molecule has 0 aliphatic rings. The second kappa shape index (κ2) is 10.8. The summed E-state index contributed by atoms with van der Waals surface area (Å²) in [5, 5.41) is 7.32. The van der Waals surface area contributed by atoms with Crippen LogP contribution in [-0.2, 0) is 16.4 Å². The van der Waals surface area contributed by atoms with Crippen molar-refractivity contribution in [3.05, 3.63) is 97.0 Å². The second-order valence-electron chi connectivity index (χ2n) is 8.59. The van der Waals surface area contributed by atoms with Crippen molar-refractivity contribution < 1.29 is 17.6 Å². The third-order valence-corrected chi connectivity index (χ3v) is 6.57. The molecule has 0 saturated heterocycles. The maximum atomic E-state index is 11.3. The van der Waals surface area contributed by atoms with E-state index in [1.165, 1.54) is 12.6 Å². The van der Waals surface area contributed by atoms with Crippen LogP contribution in [-0.4, -0.2) is 36.9 Å². The number of fused-ring (bicyclic) bond motifs is 1. The molecule has 2 N–H and O–H groups in total. The zero-order valence-corrected chi connectivity index (χ0v) is 21.0. The highest BCUT2D eigenvalue weighted by molar-refractivity contribution is 7.90. The minimum Gasteiger partial charge on any atom is -0.460 e. The lowest BCUT2D eigenvalue weighted by Crippen LogP contribution is -2.21. The molecule has 0 unspecified atom stereocenters. The van der Waals surface area contributed by atoms with Gasteiger partial charge in [-0.25, -0.2) is 18.4 Å². The third-order valence-electron chi connectivity index (χ3n) is 5.63. The van der Waals surface area contributed by atoms with E-state index in [1.54, 1.807) is 0 Å². The van der Waals surface area contributed by atoms with E-state index >= 15 is 0 Å². The minimum absolute atomic E-state index is 0.0871. The number of hydrogen-bond donors (Lipinski definition) is 2. The fraction of sp³-hybridized carbons (Fsp3) is 0.143. The van der Waals surface area contributed by atoms with Crippen molar-refractivity contribution in [3.63, 3.8) is 0 Å². The summed E-state index contributed by atoms with van der Waals surface area (Å²) in [4.78, 5) is 8.85. The Morgan fingerprint density at radius 3 is 2.46 bits per heavy atom. The van der Waals surface area contributed by atoms with Gasteiger partial charge in [-0.05, 0) is 66.7 Å². The van der Waals surface area contributed by atoms with Gasteiger partial charge in [-0.15, -0.1) is 0 Å². The maximum absolute atomic E-state index is 11.3. The number of aromatic nitrogens is 2. The molecule has 2 aromatic heterocycles. The highest BCUT2D eigenvalue weighted by atomic mass is 32.2. The Labute approximate surface area is 215 Å². The topological polar surface area (TPSA) is 106 Å². The van der Waals surface area contributed by atoms with Crippen molar-refractivity contribution in [2.45, 2.75) is 6.54 Å². The highest BCUT2D eigenvalue weighted by Gasteiger charge is 2.10. The number of hydrogen-bond acceptors (Lipinski definition) is 8. The van der Waals surface area contributed by atoms with Crippen LogP contribution in [0.5, 0.6) is 11.5 Å². The molecule has 3 aromatic carbocycles. The van der Waals surface area contributed by atoms with Gasteiger partial charge in [0.1, 0.15) is 45.0 Å². The van der Waals surface area contributed by atoms with Gasteiger partial charge in [-0.1, -0.05) is 18.2 Å². The Morgan fingerprint density at radius 1 is 0.892 bits per heavy atom. The summed E-state index contributed by atoms with van der Waals surface area (Å²) < 4.78 is 34.4. The molecular weight excluding hydrogens is 488 g/mol. The smallest absolute Gasteiger partial charge is 0.148 e.